The van der Waals surface area contributed by atoms with Gasteiger partial charge in [-0.25, -0.2) is 4.79 Å². The Morgan fingerprint density at radius 2 is 1.89 bits per heavy atom. The summed E-state index contributed by atoms with van der Waals surface area (Å²) in [5, 5.41) is -0.714. The average molecular weight is 281 g/mol. The fourth-order valence-corrected chi connectivity index (χ4v) is 2.50. The van der Waals surface area contributed by atoms with Crippen molar-refractivity contribution in [3.8, 4) is 0 Å². The van der Waals surface area contributed by atoms with Gasteiger partial charge in [0, 0.05) is 7.05 Å². The molecule has 19 heavy (non-hydrogen) atoms. The maximum absolute atomic E-state index is 12.2. The Morgan fingerprint density at radius 3 is 2.42 bits per heavy atom. The summed E-state index contributed by atoms with van der Waals surface area (Å²) >= 11 is 5.86. The summed E-state index contributed by atoms with van der Waals surface area (Å²) in [4.78, 5) is 27.2. The minimum absolute atomic E-state index is 0.0748. The second-order valence-electron chi connectivity index (χ2n) is 4.81. The summed E-state index contributed by atoms with van der Waals surface area (Å²) in [7, 11) is 1.70. The van der Waals surface area contributed by atoms with Gasteiger partial charge in [0.25, 0.3) is 0 Å². The molecule has 1 saturated heterocycles. The van der Waals surface area contributed by atoms with Crippen molar-refractivity contribution >= 4 is 23.5 Å². The van der Waals surface area contributed by atoms with Gasteiger partial charge in [0.05, 0.1) is 12.1 Å². The average Bonchev–Trinajstić information content (AvgIpc) is 2.63. The topological polar surface area (TPSA) is 40.6 Å². The zero-order chi connectivity index (χ0) is 14.2. The molecule has 1 aromatic carbocycles. The molecule has 1 heterocycles. The molecule has 1 aromatic rings. The van der Waals surface area contributed by atoms with Crippen LogP contribution in [0.3, 0.4) is 0 Å². The van der Waals surface area contributed by atoms with Crippen LogP contribution in [0.1, 0.15) is 25.5 Å². The van der Waals surface area contributed by atoms with Crippen molar-refractivity contribution in [2.24, 2.45) is 0 Å². The van der Waals surface area contributed by atoms with Gasteiger partial charge in [-0.1, -0.05) is 30.3 Å². The first-order chi connectivity index (χ1) is 8.95. The Bertz CT molecular complexity index is 481. The summed E-state index contributed by atoms with van der Waals surface area (Å²) in [6.45, 7) is 3.52. The molecule has 1 aliphatic rings. The van der Waals surface area contributed by atoms with E-state index in [0.717, 1.165) is 5.56 Å². The van der Waals surface area contributed by atoms with Crippen LogP contribution in [0.15, 0.2) is 30.3 Å². The third-order valence-electron chi connectivity index (χ3n) is 3.57. The largest absolute Gasteiger partial charge is 0.327 e. The van der Waals surface area contributed by atoms with E-state index in [1.165, 1.54) is 4.90 Å². The van der Waals surface area contributed by atoms with Crippen molar-refractivity contribution in [3.05, 3.63) is 35.9 Å². The second kappa shape index (κ2) is 5.21. The van der Waals surface area contributed by atoms with E-state index in [-0.39, 0.29) is 24.0 Å². The Hall–Kier alpha value is -1.55. The lowest BCUT2D eigenvalue weighted by Crippen LogP contribution is -2.40. The summed E-state index contributed by atoms with van der Waals surface area (Å²) in [6.07, 6.45) is 0. The third-order valence-corrected chi connectivity index (χ3v) is 3.76. The van der Waals surface area contributed by atoms with Crippen LogP contribution >= 0.6 is 11.6 Å². The van der Waals surface area contributed by atoms with Crippen molar-refractivity contribution in [2.75, 3.05) is 7.05 Å². The fraction of sp³-hybridized carbons (Fsp3) is 0.429. The maximum atomic E-state index is 12.2. The van der Waals surface area contributed by atoms with Gasteiger partial charge < -0.3 is 4.90 Å². The first kappa shape index (κ1) is 13.9. The molecule has 0 saturated carbocycles. The lowest BCUT2D eigenvalue weighted by Gasteiger charge is -2.24. The molecule has 102 valence electrons. The van der Waals surface area contributed by atoms with E-state index in [2.05, 4.69) is 0 Å². The molecule has 0 aromatic heterocycles. The van der Waals surface area contributed by atoms with Gasteiger partial charge in [-0.2, -0.15) is 0 Å². The normalized spacial score (nSPS) is 24.7. The van der Waals surface area contributed by atoms with Crippen LogP contribution in [0.2, 0.25) is 0 Å². The molecule has 2 rings (SSSR count). The van der Waals surface area contributed by atoms with Crippen molar-refractivity contribution < 1.29 is 9.59 Å². The highest BCUT2D eigenvalue weighted by Gasteiger charge is 2.46. The smallest absolute Gasteiger partial charge is 0.322 e. The number of carbonyl (C=O) groups is 2. The number of benzene rings is 1. The number of hydrogen-bond acceptors (Lipinski definition) is 2. The van der Waals surface area contributed by atoms with E-state index in [1.54, 1.807) is 18.9 Å². The minimum Gasteiger partial charge on any atom is -0.322 e. The lowest BCUT2D eigenvalue weighted by atomic mass is 10.0. The zero-order valence-corrected chi connectivity index (χ0v) is 12.0. The van der Waals surface area contributed by atoms with Crippen molar-refractivity contribution in [1.29, 1.82) is 0 Å². The second-order valence-corrected chi connectivity index (χ2v) is 5.47. The number of amides is 3. The van der Waals surface area contributed by atoms with Crippen LogP contribution in [-0.4, -0.2) is 40.2 Å². The highest BCUT2D eigenvalue weighted by molar-refractivity contribution is 6.31. The molecule has 0 aliphatic carbocycles. The van der Waals surface area contributed by atoms with Crippen LogP contribution in [-0.2, 0) is 4.79 Å². The Labute approximate surface area is 117 Å². The molecule has 0 bridgehead atoms. The zero-order valence-electron chi connectivity index (χ0n) is 11.2. The summed E-state index contributed by atoms with van der Waals surface area (Å²) in [6, 6.07) is 8.90. The van der Waals surface area contributed by atoms with Crippen LogP contribution in [0.25, 0.3) is 0 Å². The molecular weight excluding hydrogens is 264 g/mol. The number of urea groups is 1. The molecule has 4 nitrogen and oxygen atoms in total. The molecule has 0 unspecified atom stereocenters. The third kappa shape index (κ3) is 2.32. The van der Waals surface area contributed by atoms with Gasteiger partial charge in [0.2, 0.25) is 5.91 Å². The van der Waals surface area contributed by atoms with Gasteiger partial charge in [-0.15, -0.1) is 11.6 Å². The number of nitrogens with zero attached hydrogens (tertiary/aromatic N) is 2. The molecule has 1 aliphatic heterocycles. The Kier molecular flexibility index (Phi) is 3.80. The summed E-state index contributed by atoms with van der Waals surface area (Å²) in [5.41, 5.74) is 0.943. The number of carbonyl (C=O) groups excluding carboxylic acids is 2. The highest BCUT2D eigenvalue weighted by Crippen LogP contribution is 2.35. The summed E-state index contributed by atoms with van der Waals surface area (Å²) < 4.78 is 0. The number of halogens is 1. The van der Waals surface area contributed by atoms with Crippen molar-refractivity contribution in [3.63, 3.8) is 0 Å². The van der Waals surface area contributed by atoms with E-state index < -0.39 is 5.38 Å². The standard InChI is InChI=1S/C14H17ClN2O2/c1-9(15)13(18)17-12(10(2)16(3)14(17)19)11-7-5-4-6-8-11/h4-10,12H,1-3H3/t9-,10-,12-/m0/s1. The lowest BCUT2D eigenvalue weighted by molar-refractivity contribution is -0.128. The van der Waals surface area contributed by atoms with Gasteiger partial charge in [-0.05, 0) is 19.4 Å². The quantitative estimate of drug-likeness (QED) is 0.782. The first-order valence-corrected chi connectivity index (χ1v) is 6.67. The molecule has 0 N–H and O–H groups in total. The fourth-order valence-electron chi connectivity index (χ4n) is 2.39. The minimum atomic E-state index is -0.714. The highest BCUT2D eigenvalue weighted by atomic mass is 35.5. The monoisotopic (exact) mass is 280 g/mol. The predicted molar refractivity (Wildman–Crippen MR) is 74.0 cm³/mol. The molecule has 5 heteroatoms. The number of imide groups is 1. The van der Waals surface area contributed by atoms with Crippen molar-refractivity contribution in [1.82, 2.24) is 9.80 Å². The number of alkyl halides is 1. The molecule has 1 fully saturated rings. The van der Waals surface area contributed by atoms with E-state index >= 15 is 0 Å². The van der Waals surface area contributed by atoms with Crippen LogP contribution < -0.4 is 0 Å². The SMILES string of the molecule is C[C@H](Cl)C(=O)N1C(=O)N(C)[C@@H](C)[C@H]1c1ccccc1. The van der Waals surface area contributed by atoms with E-state index in [0.29, 0.717) is 0 Å². The predicted octanol–water partition coefficient (Wildman–Crippen LogP) is 2.64. The van der Waals surface area contributed by atoms with Gasteiger partial charge in [-0.3, -0.25) is 9.69 Å². The Balaban J connectivity index is 2.43. The van der Waals surface area contributed by atoms with Crippen LogP contribution in [0.4, 0.5) is 4.79 Å². The molecule has 3 amide bonds. The summed E-state index contributed by atoms with van der Waals surface area (Å²) in [5.74, 6) is -0.350. The van der Waals surface area contributed by atoms with Gasteiger partial charge >= 0.3 is 6.03 Å². The van der Waals surface area contributed by atoms with E-state index in [1.807, 2.05) is 37.3 Å². The molecule has 0 spiro atoms. The molecule has 3 atom stereocenters. The molecular formula is C14H17ClN2O2. The maximum Gasteiger partial charge on any atom is 0.327 e. The van der Waals surface area contributed by atoms with Gasteiger partial charge in [0.1, 0.15) is 5.38 Å². The van der Waals surface area contributed by atoms with E-state index in [4.69, 9.17) is 11.6 Å². The van der Waals surface area contributed by atoms with Crippen LogP contribution in [0.5, 0.6) is 0 Å². The van der Waals surface area contributed by atoms with E-state index in [9.17, 15) is 9.59 Å². The number of hydrogen-bond donors (Lipinski definition) is 0. The number of rotatable bonds is 2. The number of likely N-dealkylation sites (N-methyl/N-ethyl adjacent to an activating group) is 1. The van der Waals surface area contributed by atoms with Crippen LogP contribution in [0, 0.1) is 0 Å². The van der Waals surface area contributed by atoms with Crippen molar-refractivity contribution in [2.45, 2.75) is 31.3 Å². The molecule has 0 radical (unpaired) electrons. The van der Waals surface area contributed by atoms with Gasteiger partial charge in [0.15, 0.2) is 0 Å². The Morgan fingerprint density at radius 1 is 1.32 bits per heavy atom. The first-order valence-electron chi connectivity index (χ1n) is 6.24.